The number of fused-ring (bicyclic) bond motifs is 1. The van der Waals surface area contributed by atoms with Crippen LogP contribution in [0.15, 0.2) is 36.7 Å². The molecule has 2 aliphatic rings. The molecule has 25 heavy (non-hydrogen) atoms. The Balaban J connectivity index is 1.41. The van der Waals surface area contributed by atoms with E-state index in [1.165, 1.54) is 5.56 Å². The molecule has 5 nitrogen and oxygen atoms in total. The summed E-state index contributed by atoms with van der Waals surface area (Å²) < 4.78 is 5.88. The van der Waals surface area contributed by atoms with Crippen LogP contribution in [0, 0.1) is 0 Å². The van der Waals surface area contributed by atoms with Crippen molar-refractivity contribution in [1.82, 2.24) is 15.3 Å². The Morgan fingerprint density at radius 3 is 2.68 bits per heavy atom. The molecule has 0 amide bonds. The molecule has 1 saturated heterocycles. The maximum Gasteiger partial charge on any atom is 0.225 e. The van der Waals surface area contributed by atoms with Gasteiger partial charge in [0, 0.05) is 43.1 Å². The molecular formula is C19H23ClN4O. The Kier molecular flexibility index (Phi) is 5.04. The van der Waals surface area contributed by atoms with Crippen molar-refractivity contribution in [2.45, 2.75) is 37.8 Å². The first-order valence-electron chi connectivity index (χ1n) is 9.00. The third-order valence-corrected chi connectivity index (χ3v) is 5.32. The van der Waals surface area contributed by atoms with Crippen molar-refractivity contribution in [1.29, 1.82) is 0 Å². The van der Waals surface area contributed by atoms with Crippen molar-refractivity contribution in [2.75, 3.05) is 24.6 Å². The minimum Gasteiger partial charge on any atom is -0.492 e. The number of benzene rings is 1. The van der Waals surface area contributed by atoms with E-state index in [0.29, 0.717) is 17.1 Å². The summed E-state index contributed by atoms with van der Waals surface area (Å²) in [6, 6.07) is 8.71. The van der Waals surface area contributed by atoms with Crippen LogP contribution >= 0.6 is 11.6 Å². The third-order valence-electron chi connectivity index (χ3n) is 5.02. The Labute approximate surface area is 153 Å². The number of aromatic nitrogens is 2. The molecule has 3 heterocycles. The van der Waals surface area contributed by atoms with E-state index in [1.54, 1.807) is 12.4 Å². The van der Waals surface area contributed by atoms with Crippen LogP contribution in [0.5, 0.6) is 5.75 Å². The van der Waals surface area contributed by atoms with Crippen molar-refractivity contribution in [3.05, 3.63) is 47.2 Å². The molecule has 0 bridgehead atoms. The van der Waals surface area contributed by atoms with Crippen LogP contribution in [0.3, 0.4) is 0 Å². The average molecular weight is 359 g/mol. The molecule has 0 radical (unpaired) electrons. The predicted octanol–water partition coefficient (Wildman–Crippen LogP) is 3.60. The van der Waals surface area contributed by atoms with Crippen LogP contribution < -0.4 is 15.0 Å². The molecule has 0 aliphatic carbocycles. The fourth-order valence-electron chi connectivity index (χ4n) is 3.73. The van der Waals surface area contributed by atoms with E-state index < -0.39 is 0 Å². The molecule has 1 N–H and O–H groups in total. The maximum absolute atomic E-state index is 6.34. The van der Waals surface area contributed by atoms with E-state index in [9.17, 15) is 0 Å². The monoisotopic (exact) mass is 358 g/mol. The van der Waals surface area contributed by atoms with E-state index in [1.807, 2.05) is 18.2 Å². The van der Waals surface area contributed by atoms with Crippen molar-refractivity contribution in [3.8, 4) is 5.75 Å². The van der Waals surface area contributed by atoms with Crippen LogP contribution in [0.25, 0.3) is 0 Å². The first-order valence-corrected chi connectivity index (χ1v) is 9.38. The first kappa shape index (κ1) is 16.6. The van der Waals surface area contributed by atoms with Gasteiger partial charge in [-0.2, -0.15) is 0 Å². The lowest BCUT2D eigenvalue weighted by Crippen LogP contribution is -2.44. The lowest BCUT2D eigenvalue weighted by molar-refractivity contribution is 0.312. The molecule has 1 atom stereocenters. The first-order chi connectivity index (χ1) is 12.3. The SMILES string of the molecule is Clc1cccc2c1OCCCC2NC1CCN(c2ncccn2)CC1. The Hall–Kier alpha value is -1.85. The lowest BCUT2D eigenvalue weighted by atomic mass is 9.98. The summed E-state index contributed by atoms with van der Waals surface area (Å²) in [4.78, 5) is 11.0. The number of para-hydroxylation sites is 1. The van der Waals surface area contributed by atoms with Gasteiger partial charge in [0.25, 0.3) is 0 Å². The number of piperidine rings is 1. The number of rotatable bonds is 3. The summed E-state index contributed by atoms with van der Waals surface area (Å²) in [6.45, 7) is 2.69. The number of anilines is 1. The summed E-state index contributed by atoms with van der Waals surface area (Å²) >= 11 is 6.34. The quantitative estimate of drug-likeness (QED) is 0.908. The van der Waals surface area contributed by atoms with Gasteiger partial charge >= 0.3 is 0 Å². The van der Waals surface area contributed by atoms with E-state index in [0.717, 1.165) is 57.1 Å². The van der Waals surface area contributed by atoms with E-state index >= 15 is 0 Å². The molecule has 1 aromatic carbocycles. The molecule has 6 heteroatoms. The summed E-state index contributed by atoms with van der Waals surface area (Å²) in [5, 5.41) is 4.56. The van der Waals surface area contributed by atoms with Crippen molar-refractivity contribution < 1.29 is 4.74 Å². The molecule has 0 saturated carbocycles. The van der Waals surface area contributed by atoms with Gasteiger partial charge < -0.3 is 15.0 Å². The number of nitrogens with one attached hydrogen (secondary N) is 1. The highest BCUT2D eigenvalue weighted by Crippen LogP contribution is 2.37. The van der Waals surface area contributed by atoms with Crippen molar-refractivity contribution in [2.24, 2.45) is 0 Å². The number of hydrogen-bond acceptors (Lipinski definition) is 5. The van der Waals surface area contributed by atoms with Crippen molar-refractivity contribution >= 4 is 17.5 Å². The van der Waals surface area contributed by atoms with Gasteiger partial charge in [0.2, 0.25) is 5.95 Å². The second kappa shape index (κ2) is 7.58. The predicted molar refractivity (Wildman–Crippen MR) is 99.3 cm³/mol. The van der Waals surface area contributed by atoms with Gasteiger partial charge in [0.1, 0.15) is 5.75 Å². The smallest absolute Gasteiger partial charge is 0.225 e. The molecule has 2 aliphatic heterocycles. The van der Waals surface area contributed by atoms with Crippen LogP contribution in [-0.4, -0.2) is 35.7 Å². The van der Waals surface area contributed by atoms with Gasteiger partial charge in [-0.25, -0.2) is 9.97 Å². The number of hydrogen-bond donors (Lipinski definition) is 1. The van der Waals surface area contributed by atoms with E-state index in [-0.39, 0.29) is 0 Å². The zero-order chi connectivity index (χ0) is 17.1. The van der Waals surface area contributed by atoms with Gasteiger partial charge in [-0.15, -0.1) is 0 Å². The number of nitrogens with zero attached hydrogens (tertiary/aromatic N) is 3. The fourth-order valence-corrected chi connectivity index (χ4v) is 3.96. The molecule has 4 rings (SSSR count). The van der Waals surface area contributed by atoms with Crippen LogP contribution in [0.2, 0.25) is 5.02 Å². The molecule has 1 fully saturated rings. The number of halogens is 1. The van der Waals surface area contributed by atoms with Crippen LogP contribution in [0.4, 0.5) is 5.95 Å². The maximum atomic E-state index is 6.34. The Bertz CT molecular complexity index is 704. The molecule has 0 spiro atoms. The zero-order valence-corrected chi connectivity index (χ0v) is 15.0. The molecule has 2 aromatic rings. The second-order valence-corrected chi connectivity index (χ2v) is 7.09. The second-order valence-electron chi connectivity index (χ2n) is 6.68. The van der Waals surface area contributed by atoms with Gasteiger partial charge in [0.05, 0.1) is 11.6 Å². The zero-order valence-electron chi connectivity index (χ0n) is 14.2. The Morgan fingerprint density at radius 1 is 1.08 bits per heavy atom. The number of ether oxygens (including phenoxy) is 1. The minimum absolute atomic E-state index is 0.306. The summed E-state index contributed by atoms with van der Waals surface area (Å²) in [7, 11) is 0. The molecule has 132 valence electrons. The average Bonchev–Trinajstić information content (AvgIpc) is 2.87. The normalized spacial score (nSPS) is 21.3. The molecule has 1 unspecified atom stereocenters. The summed E-state index contributed by atoms with van der Waals surface area (Å²) in [6.07, 6.45) is 7.91. The summed E-state index contributed by atoms with van der Waals surface area (Å²) in [5.74, 6) is 1.69. The van der Waals surface area contributed by atoms with Crippen molar-refractivity contribution in [3.63, 3.8) is 0 Å². The lowest BCUT2D eigenvalue weighted by Gasteiger charge is -2.34. The van der Waals surface area contributed by atoms with Gasteiger partial charge in [0.15, 0.2) is 0 Å². The van der Waals surface area contributed by atoms with E-state index in [4.69, 9.17) is 16.3 Å². The Morgan fingerprint density at radius 2 is 1.88 bits per heavy atom. The van der Waals surface area contributed by atoms with Gasteiger partial charge in [-0.3, -0.25) is 0 Å². The van der Waals surface area contributed by atoms with Crippen LogP contribution in [-0.2, 0) is 0 Å². The minimum atomic E-state index is 0.306. The van der Waals surface area contributed by atoms with E-state index in [2.05, 4.69) is 26.3 Å². The highest BCUT2D eigenvalue weighted by Gasteiger charge is 2.26. The molecular weight excluding hydrogens is 336 g/mol. The highest BCUT2D eigenvalue weighted by molar-refractivity contribution is 6.32. The largest absolute Gasteiger partial charge is 0.492 e. The topological polar surface area (TPSA) is 50.3 Å². The molecule has 1 aromatic heterocycles. The standard InChI is InChI=1S/C19H23ClN4O/c20-16-5-1-4-15-17(6-2-13-25-18(15)16)23-14-7-11-24(12-8-14)19-21-9-3-10-22-19/h1,3-5,9-10,14,17,23H,2,6-8,11-13H2. The van der Waals surface area contributed by atoms with Gasteiger partial charge in [-0.05, 0) is 37.8 Å². The summed E-state index contributed by atoms with van der Waals surface area (Å²) in [5.41, 5.74) is 1.19. The fraction of sp³-hybridized carbons (Fsp3) is 0.474. The van der Waals surface area contributed by atoms with Gasteiger partial charge in [-0.1, -0.05) is 23.7 Å². The van der Waals surface area contributed by atoms with Crippen LogP contribution in [0.1, 0.15) is 37.3 Å². The highest BCUT2D eigenvalue weighted by atomic mass is 35.5. The third kappa shape index (κ3) is 3.72.